The zero-order chi connectivity index (χ0) is 21.3. The molecule has 30 heavy (non-hydrogen) atoms. The second-order valence-corrected chi connectivity index (χ2v) is 8.30. The van der Waals surface area contributed by atoms with Crippen LogP contribution in [0.3, 0.4) is 0 Å². The summed E-state index contributed by atoms with van der Waals surface area (Å²) in [5.41, 5.74) is 4.20. The van der Waals surface area contributed by atoms with Crippen LogP contribution in [0.1, 0.15) is 65.2 Å². The van der Waals surface area contributed by atoms with Crippen LogP contribution in [0.2, 0.25) is 0 Å². The van der Waals surface area contributed by atoms with Gasteiger partial charge < -0.3 is 10.1 Å². The summed E-state index contributed by atoms with van der Waals surface area (Å²) in [7, 11) is 0. The lowest BCUT2D eigenvalue weighted by Gasteiger charge is -2.23. The molecule has 2 N–H and O–H groups in total. The Morgan fingerprint density at radius 3 is 2.77 bits per heavy atom. The van der Waals surface area contributed by atoms with Crippen LogP contribution in [0.4, 0.5) is 5.69 Å². The quantitative estimate of drug-likeness (QED) is 0.738. The molecule has 0 aliphatic carbocycles. The van der Waals surface area contributed by atoms with E-state index in [2.05, 4.69) is 27.7 Å². The fourth-order valence-electron chi connectivity index (χ4n) is 4.28. The van der Waals surface area contributed by atoms with E-state index in [1.807, 2.05) is 19.9 Å². The van der Waals surface area contributed by atoms with Crippen LogP contribution < -0.4 is 15.4 Å². The van der Waals surface area contributed by atoms with Gasteiger partial charge in [-0.2, -0.15) is 0 Å². The van der Waals surface area contributed by atoms with E-state index >= 15 is 0 Å². The van der Waals surface area contributed by atoms with E-state index in [0.717, 1.165) is 38.2 Å². The Bertz CT molecular complexity index is 970. The molecule has 4 rings (SSSR count). The zero-order valence-corrected chi connectivity index (χ0v) is 17.8. The predicted octanol–water partition coefficient (Wildman–Crippen LogP) is 3.78. The van der Waals surface area contributed by atoms with Crippen molar-refractivity contribution in [1.29, 1.82) is 0 Å². The van der Waals surface area contributed by atoms with Crippen molar-refractivity contribution in [1.82, 2.24) is 10.2 Å². The molecule has 1 atom stereocenters. The van der Waals surface area contributed by atoms with Crippen molar-refractivity contribution in [2.24, 2.45) is 0 Å². The van der Waals surface area contributed by atoms with Crippen molar-refractivity contribution in [3.05, 3.63) is 58.7 Å². The van der Waals surface area contributed by atoms with Gasteiger partial charge in [-0.25, -0.2) is 0 Å². The fraction of sp³-hybridized carbons (Fsp3) is 0.417. The van der Waals surface area contributed by atoms with E-state index < -0.39 is 0 Å². The van der Waals surface area contributed by atoms with Gasteiger partial charge in [0.05, 0.1) is 17.8 Å². The molecule has 0 saturated carbocycles. The predicted molar refractivity (Wildman–Crippen MR) is 117 cm³/mol. The fourth-order valence-corrected chi connectivity index (χ4v) is 4.28. The van der Waals surface area contributed by atoms with Crippen LogP contribution in [-0.2, 0) is 6.42 Å². The molecule has 2 heterocycles. The van der Waals surface area contributed by atoms with Crippen LogP contribution >= 0.6 is 0 Å². The van der Waals surface area contributed by atoms with Gasteiger partial charge in [0, 0.05) is 30.9 Å². The number of ether oxygens (including phenoxy) is 1. The van der Waals surface area contributed by atoms with Gasteiger partial charge in [0.1, 0.15) is 5.75 Å². The number of rotatable bonds is 5. The first-order valence-corrected chi connectivity index (χ1v) is 10.7. The lowest BCUT2D eigenvalue weighted by atomic mass is 10.0. The minimum atomic E-state index is -0.238. The van der Waals surface area contributed by atoms with Crippen molar-refractivity contribution in [3.63, 3.8) is 0 Å². The number of carbonyl (C=O) groups excluding carboxylic acids is 2. The highest BCUT2D eigenvalue weighted by molar-refractivity contribution is 6.07. The third kappa shape index (κ3) is 4.25. The van der Waals surface area contributed by atoms with Crippen molar-refractivity contribution in [2.45, 2.75) is 45.9 Å². The Kier molecular flexibility index (Phi) is 5.88. The SMILES string of the molecule is CC(=O)c1cc(C(=O)Nc2ccc3c(c2)C2NCCN2CCC3)ccc1OC(C)C. The van der Waals surface area contributed by atoms with Gasteiger partial charge >= 0.3 is 0 Å². The van der Waals surface area contributed by atoms with Crippen LogP contribution in [0, 0.1) is 0 Å². The number of hydrogen-bond acceptors (Lipinski definition) is 5. The number of carbonyl (C=O) groups is 2. The number of hydrogen-bond donors (Lipinski definition) is 2. The minimum Gasteiger partial charge on any atom is -0.490 e. The zero-order valence-electron chi connectivity index (χ0n) is 17.8. The normalized spacial score (nSPS) is 18.5. The Morgan fingerprint density at radius 1 is 1.17 bits per heavy atom. The smallest absolute Gasteiger partial charge is 0.255 e. The minimum absolute atomic E-state index is 0.0499. The first-order chi connectivity index (χ1) is 14.4. The van der Waals surface area contributed by atoms with E-state index in [1.54, 1.807) is 18.2 Å². The first-order valence-electron chi connectivity index (χ1n) is 10.7. The maximum Gasteiger partial charge on any atom is 0.255 e. The Morgan fingerprint density at radius 2 is 2.00 bits per heavy atom. The van der Waals surface area contributed by atoms with Crippen molar-refractivity contribution in [2.75, 3.05) is 25.0 Å². The van der Waals surface area contributed by atoms with E-state index in [-0.39, 0.29) is 24.0 Å². The first kappa shape index (κ1) is 20.6. The molecule has 0 spiro atoms. The molecule has 2 aromatic rings. The molecule has 6 nitrogen and oxygen atoms in total. The molecule has 2 aromatic carbocycles. The van der Waals surface area contributed by atoms with Crippen LogP contribution in [0.25, 0.3) is 0 Å². The van der Waals surface area contributed by atoms with Gasteiger partial charge in [-0.15, -0.1) is 0 Å². The van der Waals surface area contributed by atoms with Gasteiger partial charge in [-0.1, -0.05) is 6.07 Å². The molecule has 1 saturated heterocycles. The second-order valence-electron chi connectivity index (χ2n) is 8.30. The van der Waals surface area contributed by atoms with E-state index in [9.17, 15) is 9.59 Å². The molecular formula is C24H29N3O3. The summed E-state index contributed by atoms with van der Waals surface area (Å²) in [6.45, 7) is 8.43. The highest BCUT2D eigenvalue weighted by Crippen LogP contribution is 2.31. The Labute approximate surface area is 177 Å². The molecule has 6 heteroatoms. The van der Waals surface area contributed by atoms with Gasteiger partial charge in [-0.05, 0) is 75.1 Å². The van der Waals surface area contributed by atoms with Gasteiger partial charge in [0.15, 0.2) is 5.78 Å². The molecule has 0 aromatic heterocycles. The molecule has 0 radical (unpaired) electrons. The summed E-state index contributed by atoms with van der Waals surface area (Å²) in [5, 5.41) is 6.57. The molecule has 1 unspecified atom stereocenters. The monoisotopic (exact) mass is 407 g/mol. The van der Waals surface area contributed by atoms with E-state index in [4.69, 9.17) is 4.74 Å². The number of aryl methyl sites for hydroxylation is 1. The number of benzene rings is 2. The molecule has 2 aliphatic heterocycles. The maximum atomic E-state index is 12.9. The van der Waals surface area contributed by atoms with Crippen molar-refractivity contribution in [3.8, 4) is 5.75 Å². The number of nitrogens with zero attached hydrogens (tertiary/aromatic N) is 1. The van der Waals surface area contributed by atoms with Gasteiger partial charge in [0.2, 0.25) is 0 Å². The summed E-state index contributed by atoms with van der Waals surface area (Å²) in [6, 6.07) is 11.2. The van der Waals surface area contributed by atoms with E-state index in [1.165, 1.54) is 18.1 Å². The summed E-state index contributed by atoms with van der Waals surface area (Å²) < 4.78 is 5.71. The number of Topliss-reactive ketones (excluding diaryl/α,β-unsaturated/α-hetero) is 1. The van der Waals surface area contributed by atoms with Crippen molar-refractivity contribution < 1.29 is 14.3 Å². The number of fused-ring (bicyclic) bond motifs is 3. The summed E-state index contributed by atoms with van der Waals surface area (Å²) >= 11 is 0. The van der Waals surface area contributed by atoms with Crippen LogP contribution in [0.5, 0.6) is 5.75 Å². The van der Waals surface area contributed by atoms with Crippen LogP contribution in [0.15, 0.2) is 36.4 Å². The van der Waals surface area contributed by atoms with Gasteiger partial charge in [0.25, 0.3) is 5.91 Å². The average Bonchev–Trinajstić information content (AvgIpc) is 3.10. The molecule has 1 amide bonds. The average molecular weight is 408 g/mol. The molecule has 1 fully saturated rings. The largest absolute Gasteiger partial charge is 0.490 e. The standard InChI is InChI=1S/C24H29N3O3/c1-15(2)30-22-9-7-18(13-20(22)16(3)28)24(29)26-19-8-6-17-5-4-11-27-12-10-25-23(27)21(17)14-19/h6-9,13-15,23,25H,4-5,10-12H2,1-3H3,(H,26,29). The third-order valence-corrected chi connectivity index (χ3v) is 5.68. The number of anilines is 1. The molecular weight excluding hydrogens is 378 g/mol. The molecule has 158 valence electrons. The Hall–Kier alpha value is -2.70. The van der Waals surface area contributed by atoms with Gasteiger partial charge in [-0.3, -0.25) is 19.8 Å². The van der Waals surface area contributed by atoms with E-state index in [0.29, 0.717) is 16.9 Å². The number of ketones is 1. The number of nitrogens with one attached hydrogen (secondary N) is 2. The molecule has 2 aliphatic rings. The lowest BCUT2D eigenvalue weighted by Crippen LogP contribution is -2.27. The third-order valence-electron chi connectivity index (χ3n) is 5.68. The summed E-state index contributed by atoms with van der Waals surface area (Å²) in [6.07, 6.45) is 2.37. The molecule has 0 bridgehead atoms. The summed E-state index contributed by atoms with van der Waals surface area (Å²) in [5.74, 6) is 0.141. The second kappa shape index (κ2) is 8.58. The summed E-state index contributed by atoms with van der Waals surface area (Å²) in [4.78, 5) is 27.4. The lowest BCUT2D eigenvalue weighted by molar-refractivity contribution is 0.101. The van der Waals surface area contributed by atoms with Crippen molar-refractivity contribution >= 4 is 17.4 Å². The maximum absolute atomic E-state index is 12.9. The highest BCUT2D eigenvalue weighted by atomic mass is 16.5. The topological polar surface area (TPSA) is 70.7 Å². The highest BCUT2D eigenvalue weighted by Gasteiger charge is 2.29. The van der Waals surface area contributed by atoms with Crippen LogP contribution in [-0.4, -0.2) is 42.3 Å². The number of amides is 1. The Balaban J connectivity index is 1.57.